The lowest BCUT2D eigenvalue weighted by Gasteiger charge is -2.26. The van der Waals surface area contributed by atoms with Gasteiger partial charge in [-0.3, -0.25) is 9.59 Å². The summed E-state index contributed by atoms with van der Waals surface area (Å²) in [4.78, 5) is 31.4. The molecule has 0 bridgehead atoms. The van der Waals surface area contributed by atoms with Crippen molar-refractivity contribution >= 4 is 16.9 Å². The molecule has 0 amide bonds. The molecule has 116 valence electrons. The minimum absolute atomic E-state index is 0.0108. The van der Waals surface area contributed by atoms with E-state index in [0.29, 0.717) is 12.0 Å². The Kier molecular flexibility index (Phi) is 4.22. The first kappa shape index (κ1) is 14.8. The summed E-state index contributed by atoms with van der Waals surface area (Å²) < 4.78 is 5.09. The smallest absolute Gasteiger partial charge is 0.308 e. The van der Waals surface area contributed by atoms with Gasteiger partial charge in [0.1, 0.15) is 5.82 Å². The Morgan fingerprint density at radius 2 is 2.00 bits per heavy atom. The van der Waals surface area contributed by atoms with E-state index in [0.717, 1.165) is 37.0 Å². The number of nitrogens with zero attached hydrogens (tertiary/aromatic N) is 1. The number of H-pyrrole nitrogens is 1. The Balaban J connectivity index is 1.76. The van der Waals surface area contributed by atoms with Gasteiger partial charge in [0.05, 0.1) is 23.4 Å². The number of nitrogens with one attached hydrogen (secondary N) is 1. The summed E-state index contributed by atoms with van der Waals surface area (Å²) in [6, 6.07) is 7.36. The maximum atomic E-state index is 12.1. The monoisotopic (exact) mass is 300 g/mol. The fraction of sp³-hybridized carbons (Fsp3) is 0.471. The molecule has 1 aromatic heterocycles. The number of para-hydroxylation sites is 1. The zero-order chi connectivity index (χ0) is 15.5. The third kappa shape index (κ3) is 2.89. The first-order chi connectivity index (χ1) is 10.7. The zero-order valence-corrected chi connectivity index (χ0v) is 12.7. The van der Waals surface area contributed by atoms with Gasteiger partial charge in [-0.1, -0.05) is 12.1 Å². The van der Waals surface area contributed by atoms with Crippen LogP contribution in [0.5, 0.6) is 0 Å². The number of aromatic amines is 1. The predicted molar refractivity (Wildman–Crippen MR) is 83.7 cm³/mol. The quantitative estimate of drug-likeness (QED) is 0.885. The van der Waals surface area contributed by atoms with E-state index in [1.807, 2.05) is 25.1 Å². The average Bonchev–Trinajstić information content (AvgIpc) is 2.55. The Labute approximate surface area is 128 Å². The molecule has 22 heavy (non-hydrogen) atoms. The molecule has 1 aliphatic rings. The summed E-state index contributed by atoms with van der Waals surface area (Å²) in [5, 5.41) is 0.617. The molecule has 1 heterocycles. The summed E-state index contributed by atoms with van der Waals surface area (Å²) in [7, 11) is 0. The largest absolute Gasteiger partial charge is 0.466 e. The first-order valence-electron chi connectivity index (χ1n) is 7.84. The van der Waals surface area contributed by atoms with E-state index < -0.39 is 0 Å². The average molecular weight is 300 g/mol. The van der Waals surface area contributed by atoms with Crippen LogP contribution in [0, 0.1) is 5.92 Å². The maximum Gasteiger partial charge on any atom is 0.308 e. The third-order valence-electron chi connectivity index (χ3n) is 4.36. The second kappa shape index (κ2) is 6.30. The first-order valence-corrected chi connectivity index (χ1v) is 7.84. The molecular weight excluding hydrogens is 280 g/mol. The molecule has 1 aromatic carbocycles. The molecule has 5 heteroatoms. The molecule has 1 N–H and O–H groups in total. The Morgan fingerprint density at radius 3 is 2.73 bits per heavy atom. The number of ether oxygens (including phenoxy) is 1. The number of hydrogen-bond acceptors (Lipinski definition) is 4. The van der Waals surface area contributed by atoms with Crippen molar-refractivity contribution < 1.29 is 9.53 Å². The van der Waals surface area contributed by atoms with Gasteiger partial charge in [0.2, 0.25) is 0 Å². The van der Waals surface area contributed by atoms with Crippen molar-refractivity contribution in [3.8, 4) is 0 Å². The molecule has 5 nitrogen and oxygen atoms in total. The van der Waals surface area contributed by atoms with Crippen LogP contribution in [0.4, 0.5) is 0 Å². The highest BCUT2D eigenvalue weighted by Crippen LogP contribution is 2.34. The van der Waals surface area contributed by atoms with Gasteiger partial charge in [-0.05, 0) is 44.7 Å². The fourth-order valence-corrected chi connectivity index (χ4v) is 3.16. The number of esters is 1. The standard InChI is InChI=1S/C17H20N2O3/c1-2-22-17(21)12-9-7-11(8-10-12)15-18-14-6-4-3-5-13(14)16(20)19-15/h3-6,11-12H,2,7-10H2,1H3,(H,18,19,20). The highest BCUT2D eigenvalue weighted by atomic mass is 16.5. The van der Waals surface area contributed by atoms with Crippen LogP contribution in [0.3, 0.4) is 0 Å². The molecule has 0 saturated heterocycles. The SMILES string of the molecule is CCOC(=O)C1CCC(c2nc3ccccc3c(=O)[nH]2)CC1. The van der Waals surface area contributed by atoms with Crippen LogP contribution in [-0.4, -0.2) is 22.5 Å². The summed E-state index contributed by atoms with van der Waals surface area (Å²) in [6.45, 7) is 2.26. The number of benzene rings is 1. The molecule has 1 saturated carbocycles. The molecule has 1 fully saturated rings. The molecule has 0 spiro atoms. The van der Waals surface area contributed by atoms with Crippen LogP contribution in [-0.2, 0) is 9.53 Å². The van der Waals surface area contributed by atoms with E-state index >= 15 is 0 Å². The lowest BCUT2D eigenvalue weighted by Crippen LogP contribution is -2.25. The predicted octanol–water partition coefficient (Wildman–Crippen LogP) is 2.76. The van der Waals surface area contributed by atoms with Crippen LogP contribution in [0.1, 0.15) is 44.3 Å². The van der Waals surface area contributed by atoms with E-state index in [4.69, 9.17) is 4.74 Å². The van der Waals surface area contributed by atoms with Crippen molar-refractivity contribution in [1.29, 1.82) is 0 Å². The van der Waals surface area contributed by atoms with Crippen LogP contribution >= 0.6 is 0 Å². The third-order valence-corrected chi connectivity index (χ3v) is 4.36. The van der Waals surface area contributed by atoms with Gasteiger partial charge in [-0.2, -0.15) is 0 Å². The highest BCUT2D eigenvalue weighted by Gasteiger charge is 2.29. The van der Waals surface area contributed by atoms with Gasteiger partial charge in [0.25, 0.3) is 5.56 Å². The highest BCUT2D eigenvalue weighted by molar-refractivity contribution is 5.77. The van der Waals surface area contributed by atoms with Gasteiger partial charge in [-0.15, -0.1) is 0 Å². The molecule has 1 aliphatic carbocycles. The van der Waals surface area contributed by atoms with E-state index in [-0.39, 0.29) is 23.4 Å². The van der Waals surface area contributed by atoms with Crippen molar-refractivity contribution in [2.75, 3.05) is 6.61 Å². The number of carbonyl (C=O) groups excluding carboxylic acids is 1. The topological polar surface area (TPSA) is 72.0 Å². The summed E-state index contributed by atoms with van der Waals surface area (Å²) >= 11 is 0. The van der Waals surface area contributed by atoms with Gasteiger partial charge < -0.3 is 9.72 Å². The molecule has 0 atom stereocenters. The lowest BCUT2D eigenvalue weighted by molar-refractivity contribution is -0.149. The summed E-state index contributed by atoms with van der Waals surface area (Å²) in [5.74, 6) is 0.846. The second-order valence-electron chi connectivity index (χ2n) is 5.77. The van der Waals surface area contributed by atoms with E-state index in [1.165, 1.54) is 0 Å². The van der Waals surface area contributed by atoms with Crippen molar-refractivity contribution in [1.82, 2.24) is 9.97 Å². The number of aromatic nitrogens is 2. The normalized spacial score (nSPS) is 21.7. The Morgan fingerprint density at radius 1 is 1.27 bits per heavy atom. The number of rotatable bonds is 3. The van der Waals surface area contributed by atoms with E-state index in [2.05, 4.69) is 9.97 Å². The maximum absolute atomic E-state index is 12.1. The number of carbonyl (C=O) groups is 1. The fourth-order valence-electron chi connectivity index (χ4n) is 3.16. The number of fused-ring (bicyclic) bond motifs is 1. The van der Waals surface area contributed by atoms with Crippen LogP contribution in [0.15, 0.2) is 29.1 Å². The summed E-state index contributed by atoms with van der Waals surface area (Å²) in [5.41, 5.74) is 0.641. The van der Waals surface area contributed by atoms with E-state index in [1.54, 1.807) is 6.07 Å². The van der Waals surface area contributed by atoms with Crippen LogP contribution in [0.2, 0.25) is 0 Å². The molecule has 3 rings (SSSR count). The second-order valence-corrected chi connectivity index (χ2v) is 5.77. The van der Waals surface area contributed by atoms with Crippen molar-refractivity contribution in [3.05, 3.63) is 40.4 Å². The molecular formula is C17H20N2O3. The Hall–Kier alpha value is -2.17. The van der Waals surface area contributed by atoms with Crippen molar-refractivity contribution in [2.24, 2.45) is 5.92 Å². The minimum atomic E-state index is -0.0964. The zero-order valence-electron chi connectivity index (χ0n) is 12.7. The van der Waals surface area contributed by atoms with Crippen molar-refractivity contribution in [3.63, 3.8) is 0 Å². The molecule has 0 unspecified atom stereocenters. The molecule has 0 radical (unpaired) electrons. The van der Waals surface area contributed by atoms with Crippen LogP contribution < -0.4 is 5.56 Å². The summed E-state index contributed by atoms with van der Waals surface area (Å²) in [6.07, 6.45) is 3.29. The number of hydrogen-bond donors (Lipinski definition) is 1. The minimum Gasteiger partial charge on any atom is -0.466 e. The van der Waals surface area contributed by atoms with Gasteiger partial charge in [0, 0.05) is 5.92 Å². The molecule has 2 aromatic rings. The van der Waals surface area contributed by atoms with Gasteiger partial charge in [-0.25, -0.2) is 4.98 Å². The van der Waals surface area contributed by atoms with E-state index in [9.17, 15) is 9.59 Å². The lowest BCUT2D eigenvalue weighted by atomic mass is 9.81. The Bertz CT molecular complexity index is 730. The van der Waals surface area contributed by atoms with Gasteiger partial charge in [0.15, 0.2) is 0 Å². The van der Waals surface area contributed by atoms with Crippen molar-refractivity contribution in [2.45, 2.75) is 38.5 Å². The van der Waals surface area contributed by atoms with Gasteiger partial charge >= 0.3 is 5.97 Å². The van der Waals surface area contributed by atoms with Crippen LogP contribution in [0.25, 0.3) is 10.9 Å². The molecule has 0 aliphatic heterocycles.